The summed E-state index contributed by atoms with van der Waals surface area (Å²) in [5, 5.41) is 3.47. The highest BCUT2D eigenvalue weighted by atomic mass is 32.2. The topological polar surface area (TPSA) is 32.3 Å². The van der Waals surface area contributed by atoms with E-state index in [-0.39, 0.29) is 5.25 Å². The molecule has 1 rings (SSSR count). The Morgan fingerprint density at radius 2 is 2.12 bits per heavy atom. The van der Waals surface area contributed by atoms with E-state index in [9.17, 15) is 4.79 Å². The van der Waals surface area contributed by atoms with Crippen molar-refractivity contribution in [3.05, 3.63) is 0 Å². The summed E-state index contributed by atoms with van der Waals surface area (Å²) < 4.78 is 0. The maximum atomic E-state index is 12.4. The zero-order valence-electron chi connectivity index (χ0n) is 10.7. The van der Waals surface area contributed by atoms with Gasteiger partial charge in [0.25, 0.3) is 0 Å². The van der Waals surface area contributed by atoms with E-state index < -0.39 is 0 Å². The van der Waals surface area contributed by atoms with Gasteiger partial charge in [0.1, 0.15) is 0 Å². The molecule has 0 saturated carbocycles. The zero-order chi connectivity index (χ0) is 12.0. The minimum absolute atomic E-state index is 0.142. The van der Waals surface area contributed by atoms with Gasteiger partial charge in [-0.05, 0) is 24.6 Å². The van der Waals surface area contributed by atoms with Gasteiger partial charge in [-0.3, -0.25) is 4.79 Å². The van der Waals surface area contributed by atoms with Crippen LogP contribution in [0.3, 0.4) is 0 Å². The van der Waals surface area contributed by atoms with Gasteiger partial charge in [-0.2, -0.15) is 0 Å². The third kappa shape index (κ3) is 3.98. The Morgan fingerprint density at radius 3 is 2.75 bits per heavy atom. The van der Waals surface area contributed by atoms with Crippen LogP contribution in [0.4, 0.5) is 0 Å². The SMILES string of the molecule is CCSC(C(=O)N1CCCNCC1)C(C)C. The second-order valence-electron chi connectivity index (χ2n) is 4.55. The molecule has 0 aromatic carbocycles. The van der Waals surface area contributed by atoms with Gasteiger partial charge >= 0.3 is 0 Å². The van der Waals surface area contributed by atoms with Crippen LogP contribution in [-0.2, 0) is 4.79 Å². The van der Waals surface area contributed by atoms with E-state index in [1.807, 2.05) is 4.90 Å². The summed E-state index contributed by atoms with van der Waals surface area (Å²) in [5.74, 6) is 1.78. The molecule has 0 aliphatic carbocycles. The first-order chi connectivity index (χ1) is 7.66. The maximum Gasteiger partial charge on any atom is 0.235 e. The third-order valence-corrected chi connectivity index (χ3v) is 4.29. The predicted molar refractivity (Wildman–Crippen MR) is 70.8 cm³/mol. The van der Waals surface area contributed by atoms with Crippen LogP contribution in [0.1, 0.15) is 27.2 Å². The molecule has 1 N–H and O–H groups in total. The van der Waals surface area contributed by atoms with Crippen LogP contribution < -0.4 is 5.32 Å². The fourth-order valence-electron chi connectivity index (χ4n) is 1.97. The first kappa shape index (κ1) is 13.8. The van der Waals surface area contributed by atoms with Gasteiger partial charge in [-0.25, -0.2) is 0 Å². The number of carbonyl (C=O) groups is 1. The smallest absolute Gasteiger partial charge is 0.235 e. The van der Waals surface area contributed by atoms with Crippen LogP contribution >= 0.6 is 11.8 Å². The molecule has 1 heterocycles. The van der Waals surface area contributed by atoms with Gasteiger partial charge in [-0.1, -0.05) is 20.8 Å². The van der Waals surface area contributed by atoms with Crippen molar-refractivity contribution < 1.29 is 4.79 Å². The number of nitrogens with one attached hydrogen (secondary N) is 1. The molecule has 94 valence electrons. The molecule has 1 fully saturated rings. The van der Waals surface area contributed by atoms with Gasteiger partial charge in [-0.15, -0.1) is 11.8 Å². The molecule has 0 spiro atoms. The van der Waals surface area contributed by atoms with Crippen LogP contribution in [0.2, 0.25) is 0 Å². The highest BCUT2D eigenvalue weighted by Gasteiger charge is 2.27. The fraction of sp³-hybridized carbons (Fsp3) is 0.917. The number of rotatable bonds is 4. The lowest BCUT2D eigenvalue weighted by Crippen LogP contribution is -2.41. The molecule has 1 amide bonds. The van der Waals surface area contributed by atoms with E-state index in [0.717, 1.165) is 38.4 Å². The minimum Gasteiger partial charge on any atom is -0.340 e. The van der Waals surface area contributed by atoms with E-state index in [2.05, 4.69) is 26.1 Å². The van der Waals surface area contributed by atoms with Gasteiger partial charge in [0.05, 0.1) is 5.25 Å². The molecular formula is C12H24N2OS. The molecule has 1 unspecified atom stereocenters. The molecular weight excluding hydrogens is 220 g/mol. The third-order valence-electron chi connectivity index (χ3n) is 2.85. The number of carbonyl (C=O) groups excluding carboxylic acids is 1. The molecule has 3 nitrogen and oxygen atoms in total. The van der Waals surface area contributed by atoms with Gasteiger partial charge in [0.2, 0.25) is 5.91 Å². The van der Waals surface area contributed by atoms with Crippen LogP contribution in [0, 0.1) is 5.92 Å². The fourth-order valence-corrected chi connectivity index (χ4v) is 3.01. The molecule has 0 aromatic rings. The Labute approximate surface area is 103 Å². The summed E-state index contributed by atoms with van der Waals surface area (Å²) in [6, 6.07) is 0. The number of hydrogen-bond acceptors (Lipinski definition) is 3. The number of hydrogen-bond donors (Lipinski definition) is 1. The summed E-state index contributed by atoms with van der Waals surface area (Å²) in [6.45, 7) is 10.2. The van der Waals surface area contributed by atoms with Crippen molar-refractivity contribution in [1.82, 2.24) is 10.2 Å². The molecule has 0 bridgehead atoms. The van der Waals surface area contributed by atoms with Crippen molar-refractivity contribution in [2.45, 2.75) is 32.4 Å². The van der Waals surface area contributed by atoms with Gasteiger partial charge in [0.15, 0.2) is 0 Å². The standard InChI is InChI=1S/C12H24N2OS/c1-4-16-11(10(2)3)12(15)14-8-5-6-13-7-9-14/h10-11,13H,4-9H2,1-3H3. The molecule has 1 aliphatic heterocycles. The summed E-state index contributed by atoms with van der Waals surface area (Å²) >= 11 is 1.78. The van der Waals surface area contributed by atoms with Gasteiger partial charge < -0.3 is 10.2 Å². The highest BCUT2D eigenvalue weighted by Crippen LogP contribution is 2.21. The Hall–Kier alpha value is -0.220. The van der Waals surface area contributed by atoms with E-state index >= 15 is 0 Å². The van der Waals surface area contributed by atoms with Crippen molar-refractivity contribution in [3.8, 4) is 0 Å². The molecule has 1 atom stereocenters. The Bertz CT molecular complexity index is 213. The monoisotopic (exact) mass is 244 g/mol. The lowest BCUT2D eigenvalue weighted by molar-refractivity contribution is -0.131. The van der Waals surface area contributed by atoms with Crippen molar-refractivity contribution in [2.75, 3.05) is 31.9 Å². The summed E-state index contributed by atoms with van der Waals surface area (Å²) in [5.41, 5.74) is 0. The van der Waals surface area contributed by atoms with E-state index in [4.69, 9.17) is 0 Å². The summed E-state index contributed by atoms with van der Waals surface area (Å²) in [7, 11) is 0. The highest BCUT2D eigenvalue weighted by molar-refractivity contribution is 8.00. The molecule has 1 aliphatic rings. The van der Waals surface area contributed by atoms with Crippen LogP contribution in [0.5, 0.6) is 0 Å². The average molecular weight is 244 g/mol. The van der Waals surface area contributed by atoms with E-state index in [1.54, 1.807) is 11.8 Å². The first-order valence-corrected chi connectivity index (χ1v) is 7.32. The average Bonchev–Trinajstić information content (AvgIpc) is 2.53. The van der Waals surface area contributed by atoms with E-state index in [0.29, 0.717) is 11.8 Å². The molecule has 0 aromatic heterocycles. The maximum absolute atomic E-state index is 12.4. The molecule has 4 heteroatoms. The summed E-state index contributed by atoms with van der Waals surface area (Å²) in [4.78, 5) is 14.4. The van der Waals surface area contributed by atoms with Crippen LogP contribution in [-0.4, -0.2) is 48.0 Å². The van der Waals surface area contributed by atoms with Crippen molar-refractivity contribution in [3.63, 3.8) is 0 Å². The molecule has 0 radical (unpaired) electrons. The van der Waals surface area contributed by atoms with Crippen LogP contribution in [0.15, 0.2) is 0 Å². The first-order valence-electron chi connectivity index (χ1n) is 6.28. The lowest BCUT2D eigenvalue weighted by atomic mass is 10.1. The summed E-state index contributed by atoms with van der Waals surface area (Å²) in [6.07, 6.45) is 1.08. The second-order valence-corrected chi connectivity index (χ2v) is 5.97. The molecule has 16 heavy (non-hydrogen) atoms. The molecule has 1 saturated heterocycles. The zero-order valence-corrected chi connectivity index (χ0v) is 11.5. The van der Waals surface area contributed by atoms with Crippen molar-refractivity contribution >= 4 is 17.7 Å². The lowest BCUT2D eigenvalue weighted by Gasteiger charge is -2.27. The number of thioether (sulfide) groups is 1. The van der Waals surface area contributed by atoms with Crippen molar-refractivity contribution in [2.24, 2.45) is 5.92 Å². The quantitative estimate of drug-likeness (QED) is 0.815. The minimum atomic E-state index is 0.142. The van der Waals surface area contributed by atoms with Gasteiger partial charge in [0, 0.05) is 19.6 Å². The Morgan fingerprint density at radius 1 is 1.38 bits per heavy atom. The van der Waals surface area contributed by atoms with E-state index in [1.165, 1.54) is 0 Å². The number of amides is 1. The normalized spacial score (nSPS) is 19.6. The second kappa shape index (κ2) is 7.17. The Kier molecular flexibility index (Phi) is 6.21. The van der Waals surface area contributed by atoms with Crippen molar-refractivity contribution in [1.29, 1.82) is 0 Å². The van der Waals surface area contributed by atoms with Crippen LogP contribution in [0.25, 0.3) is 0 Å². The Balaban J connectivity index is 2.57. The largest absolute Gasteiger partial charge is 0.340 e. The number of nitrogens with zero attached hydrogens (tertiary/aromatic N) is 1. The predicted octanol–water partition coefficient (Wildman–Crippen LogP) is 1.59.